The molecule has 0 radical (unpaired) electrons. The van der Waals surface area contributed by atoms with Crippen molar-refractivity contribution in [1.82, 2.24) is 15.1 Å². The molecule has 3 heterocycles. The Morgan fingerprint density at radius 2 is 2.17 bits per heavy atom. The van der Waals surface area contributed by atoms with Gasteiger partial charge in [0.05, 0.1) is 6.54 Å². The number of amides is 1. The molecule has 1 atom stereocenters. The van der Waals surface area contributed by atoms with E-state index in [0.29, 0.717) is 36.0 Å². The molecule has 0 spiro atoms. The molecule has 124 valence electrons. The minimum absolute atomic E-state index is 0.0271. The first-order chi connectivity index (χ1) is 11.8. The van der Waals surface area contributed by atoms with Crippen molar-refractivity contribution in [3.05, 3.63) is 42.1 Å². The van der Waals surface area contributed by atoms with Crippen molar-refractivity contribution in [2.45, 2.75) is 18.9 Å². The molecule has 1 fully saturated rings. The van der Waals surface area contributed by atoms with Crippen LogP contribution in [0.2, 0.25) is 0 Å². The zero-order chi connectivity index (χ0) is 16.4. The quantitative estimate of drug-likeness (QED) is 0.857. The van der Waals surface area contributed by atoms with Gasteiger partial charge in [-0.1, -0.05) is 0 Å². The van der Waals surface area contributed by atoms with Gasteiger partial charge in [0.15, 0.2) is 11.5 Å². The molecule has 2 aliphatic heterocycles. The Kier molecular flexibility index (Phi) is 3.90. The van der Waals surface area contributed by atoms with E-state index < -0.39 is 0 Å². The zero-order valence-corrected chi connectivity index (χ0v) is 13.1. The summed E-state index contributed by atoms with van der Waals surface area (Å²) in [4.78, 5) is 14.6. The Labute approximate surface area is 139 Å². The number of hydrogen-bond donors (Lipinski definition) is 0. The molecule has 1 saturated heterocycles. The van der Waals surface area contributed by atoms with Gasteiger partial charge in [0.2, 0.25) is 12.7 Å². The van der Waals surface area contributed by atoms with Gasteiger partial charge in [-0.2, -0.15) is 5.10 Å². The van der Waals surface area contributed by atoms with Crippen molar-refractivity contribution in [1.29, 1.82) is 0 Å². The highest BCUT2D eigenvalue weighted by Crippen LogP contribution is 2.33. The zero-order valence-electron chi connectivity index (χ0n) is 13.1. The van der Waals surface area contributed by atoms with Gasteiger partial charge in [0, 0.05) is 24.4 Å². The topological polar surface area (TPSA) is 73.8 Å². The Hall–Kier alpha value is -2.83. The number of benzene rings is 1. The van der Waals surface area contributed by atoms with E-state index in [4.69, 9.17) is 14.2 Å². The van der Waals surface area contributed by atoms with Gasteiger partial charge in [-0.25, -0.2) is 0 Å². The van der Waals surface area contributed by atoms with Gasteiger partial charge in [-0.05, 0) is 37.1 Å². The second kappa shape index (κ2) is 6.35. The molecule has 1 amide bonds. The summed E-state index contributed by atoms with van der Waals surface area (Å²) >= 11 is 0. The minimum atomic E-state index is -0.0755. The molecule has 1 aromatic carbocycles. The smallest absolute Gasteiger partial charge is 0.254 e. The standard InChI is InChI=1S/C17H17N3O4/c21-17(12-5-6-14-15(9-12)23-11-22-14)20-8-2-3-13(10-20)24-16-4-1-7-18-19-16/h1,4-7,9,13H,2-3,8,10-11H2/t13-/m1/s1. The lowest BCUT2D eigenvalue weighted by Gasteiger charge is -2.32. The highest BCUT2D eigenvalue weighted by Gasteiger charge is 2.27. The summed E-state index contributed by atoms with van der Waals surface area (Å²) in [6, 6.07) is 8.82. The summed E-state index contributed by atoms with van der Waals surface area (Å²) in [7, 11) is 0. The summed E-state index contributed by atoms with van der Waals surface area (Å²) in [5.74, 6) is 1.75. The summed E-state index contributed by atoms with van der Waals surface area (Å²) < 4.78 is 16.5. The lowest BCUT2D eigenvalue weighted by Crippen LogP contribution is -2.44. The Bertz CT molecular complexity index is 738. The van der Waals surface area contributed by atoms with E-state index in [1.807, 2.05) is 4.90 Å². The number of hydrogen-bond acceptors (Lipinski definition) is 6. The van der Waals surface area contributed by atoms with E-state index >= 15 is 0 Å². The monoisotopic (exact) mass is 327 g/mol. The van der Waals surface area contributed by atoms with Crippen LogP contribution in [0.5, 0.6) is 17.4 Å². The second-order valence-corrected chi connectivity index (χ2v) is 5.76. The first-order valence-electron chi connectivity index (χ1n) is 7.93. The molecular formula is C17H17N3O4. The van der Waals surface area contributed by atoms with Crippen molar-refractivity contribution >= 4 is 5.91 Å². The van der Waals surface area contributed by atoms with Crippen LogP contribution in [0.3, 0.4) is 0 Å². The first kappa shape index (κ1) is 14.7. The van der Waals surface area contributed by atoms with Crippen LogP contribution in [0.1, 0.15) is 23.2 Å². The van der Waals surface area contributed by atoms with Crippen LogP contribution in [0.25, 0.3) is 0 Å². The Morgan fingerprint density at radius 1 is 1.25 bits per heavy atom. The third-order valence-electron chi connectivity index (χ3n) is 4.12. The number of carbonyl (C=O) groups is 1. The average Bonchev–Trinajstić information content (AvgIpc) is 3.10. The first-order valence-corrected chi connectivity index (χ1v) is 7.93. The molecule has 0 N–H and O–H groups in total. The van der Waals surface area contributed by atoms with E-state index in [1.165, 1.54) is 0 Å². The maximum Gasteiger partial charge on any atom is 0.254 e. The summed E-state index contributed by atoms with van der Waals surface area (Å²) in [5, 5.41) is 7.74. The fourth-order valence-electron chi connectivity index (χ4n) is 2.95. The van der Waals surface area contributed by atoms with Crippen molar-refractivity contribution in [2.24, 2.45) is 0 Å². The molecule has 0 unspecified atom stereocenters. The van der Waals surface area contributed by atoms with Gasteiger partial charge in [0.25, 0.3) is 5.91 Å². The van der Waals surface area contributed by atoms with Crippen LogP contribution in [0.4, 0.5) is 0 Å². The lowest BCUT2D eigenvalue weighted by atomic mass is 10.1. The molecule has 4 rings (SSSR count). The van der Waals surface area contributed by atoms with E-state index in [2.05, 4.69) is 10.2 Å². The molecule has 7 nitrogen and oxygen atoms in total. The second-order valence-electron chi connectivity index (χ2n) is 5.76. The largest absolute Gasteiger partial charge is 0.471 e. The number of likely N-dealkylation sites (tertiary alicyclic amines) is 1. The van der Waals surface area contributed by atoms with Gasteiger partial charge < -0.3 is 19.1 Å². The van der Waals surface area contributed by atoms with Gasteiger partial charge in [-0.15, -0.1) is 5.10 Å². The molecule has 0 bridgehead atoms. The number of rotatable bonds is 3. The highest BCUT2D eigenvalue weighted by atomic mass is 16.7. The molecule has 2 aliphatic rings. The fraction of sp³-hybridized carbons (Fsp3) is 0.353. The number of nitrogens with zero attached hydrogens (tertiary/aromatic N) is 3. The maximum absolute atomic E-state index is 12.7. The van der Waals surface area contributed by atoms with Gasteiger partial charge >= 0.3 is 0 Å². The normalized spacial score (nSPS) is 19.2. The number of piperidine rings is 1. The van der Waals surface area contributed by atoms with Crippen molar-refractivity contribution in [3.8, 4) is 17.4 Å². The third kappa shape index (κ3) is 2.97. The van der Waals surface area contributed by atoms with Crippen molar-refractivity contribution < 1.29 is 19.0 Å². The number of aromatic nitrogens is 2. The van der Waals surface area contributed by atoms with Crippen LogP contribution < -0.4 is 14.2 Å². The SMILES string of the molecule is O=C(c1ccc2c(c1)OCO2)N1CCC[C@@H](Oc2cccnn2)C1. The highest BCUT2D eigenvalue weighted by molar-refractivity contribution is 5.95. The minimum Gasteiger partial charge on any atom is -0.471 e. The van der Waals surface area contributed by atoms with E-state index in [0.717, 1.165) is 12.8 Å². The average molecular weight is 327 g/mol. The van der Waals surface area contributed by atoms with Crippen LogP contribution in [0.15, 0.2) is 36.5 Å². The number of carbonyl (C=O) groups excluding carboxylic acids is 1. The maximum atomic E-state index is 12.7. The molecule has 1 aromatic heterocycles. The summed E-state index contributed by atoms with van der Waals surface area (Å²) in [6.07, 6.45) is 3.31. The van der Waals surface area contributed by atoms with E-state index in [1.54, 1.807) is 36.5 Å². The molecule has 0 aliphatic carbocycles. The molecule has 2 aromatic rings. The van der Waals surface area contributed by atoms with Crippen LogP contribution in [-0.2, 0) is 0 Å². The van der Waals surface area contributed by atoms with Crippen molar-refractivity contribution in [3.63, 3.8) is 0 Å². The Balaban J connectivity index is 1.44. The van der Waals surface area contributed by atoms with Crippen LogP contribution in [-0.4, -0.2) is 47.0 Å². The third-order valence-corrected chi connectivity index (χ3v) is 4.12. The molecular weight excluding hydrogens is 310 g/mol. The van der Waals surface area contributed by atoms with Crippen molar-refractivity contribution in [2.75, 3.05) is 19.9 Å². The van der Waals surface area contributed by atoms with Gasteiger partial charge in [0.1, 0.15) is 6.10 Å². The predicted octanol–water partition coefficient (Wildman–Crippen LogP) is 1.89. The van der Waals surface area contributed by atoms with Crippen LogP contribution in [0, 0.1) is 0 Å². The molecule has 24 heavy (non-hydrogen) atoms. The Morgan fingerprint density at radius 3 is 3.04 bits per heavy atom. The molecule has 0 saturated carbocycles. The number of ether oxygens (including phenoxy) is 3. The fourth-order valence-corrected chi connectivity index (χ4v) is 2.95. The molecule has 7 heteroatoms. The predicted molar refractivity (Wildman–Crippen MR) is 84.2 cm³/mol. The summed E-state index contributed by atoms with van der Waals surface area (Å²) in [6.45, 7) is 1.45. The van der Waals surface area contributed by atoms with Crippen LogP contribution >= 0.6 is 0 Å². The lowest BCUT2D eigenvalue weighted by molar-refractivity contribution is 0.0525. The number of fused-ring (bicyclic) bond motifs is 1. The van der Waals surface area contributed by atoms with E-state index in [9.17, 15) is 4.79 Å². The van der Waals surface area contributed by atoms with E-state index in [-0.39, 0.29) is 18.8 Å². The summed E-state index contributed by atoms with van der Waals surface area (Å²) in [5.41, 5.74) is 0.597. The van der Waals surface area contributed by atoms with Gasteiger partial charge in [-0.3, -0.25) is 4.79 Å².